The highest BCUT2D eigenvalue weighted by atomic mass is 19.4. The molecule has 1 atom stereocenters. The van der Waals surface area contributed by atoms with Crippen LogP contribution in [0.3, 0.4) is 0 Å². The van der Waals surface area contributed by atoms with Crippen LogP contribution in [0.15, 0.2) is 18.2 Å². The van der Waals surface area contributed by atoms with Crippen LogP contribution in [-0.2, 0) is 9.53 Å². The normalized spacial score (nSPS) is 28.1. The van der Waals surface area contributed by atoms with Crippen molar-refractivity contribution >= 4 is 23.6 Å². The number of amidine groups is 1. The van der Waals surface area contributed by atoms with Gasteiger partial charge in [0.1, 0.15) is 11.4 Å². The van der Waals surface area contributed by atoms with Crippen molar-refractivity contribution in [3.63, 3.8) is 0 Å². The zero-order valence-electron chi connectivity index (χ0n) is 16.8. The standard InChI is InChI=1S/C18H23N3O2.C2HF3O2/c1-12-7-13(2)9-15(8-12)21-16(19)10-18(23-17(21)22)11-20-5-3-14(18)4-6-20;3-2(4,5)1(6)7/h7-9,14,19H,3-6,10-11H2,1-2H3;(H,6,7). The SMILES string of the molecule is Cc1cc(C)cc(N2C(=N)CC3(CN4CCC3CC4)OC2=O)c1.O=C(O)C(F)(F)F. The summed E-state index contributed by atoms with van der Waals surface area (Å²) in [6.07, 6.45) is -2.80. The minimum atomic E-state index is -5.08. The Labute approximate surface area is 171 Å². The Morgan fingerprint density at radius 3 is 2.13 bits per heavy atom. The molecule has 4 fully saturated rings. The van der Waals surface area contributed by atoms with E-state index in [0.717, 1.165) is 49.3 Å². The third-order valence-electron chi connectivity index (χ3n) is 5.74. The van der Waals surface area contributed by atoms with Gasteiger partial charge in [-0.3, -0.25) is 10.3 Å². The molecule has 4 saturated heterocycles. The van der Waals surface area contributed by atoms with Crippen LogP contribution in [0.5, 0.6) is 0 Å². The van der Waals surface area contributed by atoms with Gasteiger partial charge in [-0.05, 0) is 63.0 Å². The molecule has 5 rings (SSSR count). The number of rotatable bonds is 1. The molecule has 0 radical (unpaired) electrons. The number of fused-ring (bicyclic) bond motifs is 2. The second-order valence-corrected chi connectivity index (χ2v) is 8.09. The first-order valence-corrected chi connectivity index (χ1v) is 9.62. The Bertz CT molecular complexity index is 825. The maximum absolute atomic E-state index is 12.7. The number of hydrogen-bond donors (Lipinski definition) is 2. The number of piperidine rings is 3. The minimum absolute atomic E-state index is 0.361. The number of carbonyl (C=O) groups excluding carboxylic acids is 1. The Kier molecular flexibility index (Phi) is 5.81. The van der Waals surface area contributed by atoms with Crippen molar-refractivity contribution in [1.29, 1.82) is 5.41 Å². The number of nitrogens with one attached hydrogen (secondary N) is 1. The molecule has 0 saturated carbocycles. The van der Waals surface area contributed by atoms with Crippen LogP contribution in [0.4, 0.5) is 23.7 Å². The van der Waals surface area contributed by atoms with Crippen LogP contribution in [0.25, 0.3) is 0 Å². The molecule has 1 aromatic rings. The number of ether oxygens (including phenoxy) is 1. The zero-order valence-corrected chi connectivity index (χ0v) is 16.8. The number of benzene rings is 1. The molecule has 30 heavy (non-hydrogen) atoms. The number of carboxylic acids is 1. The van der Waals surface area contributed by atoms with Crippen molar-refractivity contribution in [2.24, 2.45) is 5.92 Å². The largest absolute Gasteiger partial charge is 0.490 e. The summed E-state index contributed by atoms with van der Waals surface area (Å²) in [5, 5.41) is 15.6. The molecular formula is C20H24F3N3O4. The highest BCUT2D eigenvalue weighted by molar-refractivity contribution is 6.15. The van der Waals surface area contributed by atoms with Crippen LogP contribution >= 0.6 is 0 Å². The van der Waals surface area contributed by atoms with E-state index in [1.165, 1.54) is 4.90 Å². The van der Waals surface area contributed by atoms with Crippen LogP contribution in [0.2, 0.25) is 0 Å². The summed E-state index contributed by atoms with van der Waals surface area (Å²) >= 11 is 0. The Morgan fingerprint density at radius 2 is 1.73 bits per heavy atom. The van der Waals surface area contributed by atoms with Gasteiger partial charge < -0.3 is 9.84 Å². The van der Waals surface area contributed by atoms with Gasteiger partial charge in [-0.15, -0.1) is 0 Å². The molecule has 1 aromatic carbocycles. The van der Waals surface area contributed by atoms with Crippen LogP contribution in [-0.4, -0.2) is 59.3 Å². The first-order chi connectivity index (χ1) is 13.9. The fourth-order valence-electron chi connectivity index (χ4n) is 4.51. The lowest BCUT2D eigenvalue weighted by atomic mass is 9.72. The zero-order chi connectivity index (χ0) is 22.3. The number of carboxylic acid groups (broad SMARTS) is 1. The van der Waals surface area contributed by atoms with Crippen molar-refractivity contribution in [1.82, 2.24) is 4.90 Å². The molecule has 2 N–H and O–H groups in total. The van der Waals surface area contributed by atoms with E-state index in [1.807, 2.05) is 26.0 Å². The second kappa shape index (κ2) is 7.90. The first kappa shape index (κ1) is 22.1. The van der Waals surface area contributed by atoms with Gasteiger partial charge in [-0.2, -0.15) is 13.2 Å². The molecule has 4 heterocycles. The lowest BCUT2D eigenvalue weighted by molar-refractivity contribution is -0.192. The highest BCUT2D eigenvalue weighted by Gasteiger charge is 2.54. The van der Waals surface area contributed by atoms with E-state index in [0.29, 0.717) is 18.2 Å². The van der Waals surface area contributed by atoms with Gasteiger partial charge in [0.2, 0.25) is 0 Å². The molecule has 1 spiro atoms. The number of hydrogen-bond acceptors (Lipinski definition) is 5. The summed E-state index contributed by atoms with van der Waals surface area (Å²) in [6, 6.07) is 5.95. The predicted molar refractivity (Wildman–Crippen MR) is 103 cm³/mol. The van der Waals surface area contributed by atoms with E-state index in [1.54, 1.807) is 0 Å². The van der Waals surface area contributed by atoms with Gasteiger partial charge in [0.25, 0.3) is 0 Å². The predicted octanol–water partition coefficient (Wildman–Crippen LogP) is 3.73. The molecule has 4 aliphatic rings. The summed E-state index contributed by atoms with van der Waals surface area (Å²) in [5.41, 5.74) is 2.45. The van der Waals surface area contributed by atoms with Gasteiger partial charge in [0.15, 0.2) is 0 Å². The van der Waals surface area contributed by atoms with E-state index in [4.69, 9.17) is 20.0 Å². The fraction of sp³-hybridized carbons (Fsp3) is 0.550. The van der Waals surface area contributed by atoms with Gasteiger partial charge in [-0.25, -0.2) is 14.5 Å². The van der Waals surface area contributed by atoms with E-state index in [9.17, 15) is 18.0 Å². The Balaban J connectivity index is 0.000000318. The number of nitrogens with zero attached hydrogens (tertiary/aromatic N) is 2. The van der Waals surface area contributed by atoms with E-state index in [2.05, 4.69) is 11.0 Å². The maximum atomic E-state index is 12.7. The molecule has 1 unspecified atom stereocenters. The molecule has 7 nitrogen and oxygen atoms in total. The van der Waals surface area contributed by atoms with E-state index in [-0.39, 0.29) is 6.09 Å². The number of halogens is 3. The number of carbonyl (C=O) groups is 2. The van der Waals surface area contributed by atoms with Crippen molar-refractivity contribution in [3.05, 3.63) is 29.3 Å². The van der Waals surface area contributed by atoms with Gasteiger partial charge in [0.05, 0.1) is 5.69 Å². The molecule has 0 aliphatic carbocycles. The average molecular weight is 427 g/mol. The lowest BCUT2D eigenvalue weighted by Crippen LogP contribution is -2.66. The second-order valence-electron chi connectivity index (χ2n) is 8.09. The maximum Gasteiger partial charge on any atom is 0.490 e. The highest BCUT2D eigenvalue weighted by Crippen LogP contribution is 2.43. The topological polar surface area (TPSA) is 93.9 Å². The summed E-state index contributed by atoms with van der Waals surface area (Å²) in [5.74, 6) is -1.99. The van der Waals surface area contributed by atoms with Crippen LogP contribution in [0.1, 0.15) is 30.4 Å². The van der Waals surface area contributed by atoms with Gasteiger partial charge in [-0.1, -0.05) is 6.07 Å². The number of anilines is 1. The monoisotopic (exact) mass is 427 g/mol. The number of aryl methyl sites for hydroxylation is 2. The molecule has 0 aromatic heterocycles. The van der Waals surface area contributed by atoms with Gasteiger partial charge in [0, 0.05) is 18.9 Å². The van der Waals surface area contributed by atoms with Gasteiger partial charge >= 0.3 is 18.2 Å². The van der Waals surface area contributed by atoms with E-state index >= 15 is 0 Å². The molecule has 164 valence electrons. The fourth-order valence-corrected chi connectivity index (χ4v) is 4.51. The van der Waals surface area contributed by atoms with Crippen molar-refractivity contribution in [2.45, 2.75) is 44.9 Å². The molecule has 10 heteroatoms. The average Bonchev–Trinajstić information content (AvgIpc) is 2.60. The molecule has 2 bridgehead atoms. The number of amides is 1. The summed E-state index contributed by atoms with van der Waals surface area (Å²) < 4.78 is 37.7. The van der Waals surface area contributed by atoms with E-state index < -0.39 is 17.7 Å². The minimum Gasteiger partial charge on any atom is -0.475 e. The summed E-state index contributed by atoms with van der Waals surface area (Å²) in [7, 11) is 0. The molecular weight excluding hydrogens is 403 g/mol. The van der Waals surface area contributed by atoms with Crippen molar-refractivity contribution in [3.8, 4) is 0 Å². The van der Waals surface area contributed by atoms with Crippen molar-refractivity contribution in [2.75, 3.05) is 24.5 Å². The smallest absolute Gasteiger partial charge is 0.475 e. The summed E-state index contributed by atoms with van der Waals surface area (Å²) in [6.45, 7) is 6.98. The first-order valence-electron chi connectivity index (χ1n) is 9.62. The quantitative estimate of drug-likeness (QED) is 0.712. The Morgan fingerprint density at radius 1 is 1.20 bits per heavy atom. The van der Waals surface area contributed by atoms with Crippen LogP contribution in [0, 0.1) is 25.2 Å². The third-order valence-corrected chi connectivity index (χ3v) is 5.74. The number of alkyl halides is 3. The lowest BCUT2D eigenvalue weighted by Gasteiger charge is -2.54. The number of aliphatic carboxylic acids is 1. The summed E-state index contributed by atoms with van der Waals surface area (Å²) in [4.78, 5) is 25.4. The third kappa shape index (κ3) is 4.43. The molecule has 4 aliphatic heterocycles. The van der Waals surface area contributed by atoms with Crippen molar-refractivity contribution < 1.29 is 32.6 Å². The molecule has 1 amide bonds. The Hall–Kier alpha value is -2.62. The van der Waals surface area contributed by atoms with Crippen LogP contribution < -0.4 is 4.90 Å².